The lowest BCUT2D eigenvalue weighted by atomic mass is 10.0. The fourth-order valence-corrected chi connectivity index (χ4v) is 4.17. The molecule has 0 aliphatic carbocycles. The molecular weight excluding hydrogens is 497 g/mol. The van der Waals surface area contributed by atoms with Crippen molar-refractivity contribution in [1.82, 2.24) is 9.97 Å². The van der Waals surface area contributed by atoms with Crippen molar-refractivity contribution < 1.29 is 19.0 Å². The highest BCUT2D eigenvalue weighted by Gasteiger charge is 2.23. The van der Waals surface area contributed by atoms with Gasteiger partial charge in [-0.25, -0.2) is 4.39 Å². The Morgan fingerprint density at radius 3 is 2.44 bits per heavy atom. The Morgan fingerprint density at radius 1 is 0.923 bits per heavy atom. The highest BCUT2D eigenvalue weighted by Crippen LogP contribution is 2.36. The molecule has 8 heteroatoms. The molecule has 0 fully saturated rings. The van der Waals surface area contributed by atoms with Crippen molar-refractivity contribution in [2.75, 3.05) is 11.5 Å². The van der Waals surface area contributed by atoms with Crippen LogP contribution in [-0.2, 0) is 6.42 Å². The minimum atomic E-state index is -0.691. The predicted molar refractivity (Wildman–Crippen MR) is 147 cm³/mol. The van der Waals surface area contributed by atoms with E-state index in [0.717, 1.165) is 11.1 Å². The van der Waals surface area contributed by atoms with Gasteiger partial charge in [-0.2, -0.15) is 0 Å². The number of rotatable bonds is 8. The summed E-state index contributed by atoms with van der Waals surface area (Å²) in [5.41, 5.74) is 2.57. The van der Waals surface area contributed by atoms with Crippen LogP contribution in [-0.4, -0.2) is 27.6 Å². The largest absolute Gasteiger partial charge is 0.454 e. The molecular formula is C31H24FN3O4. The molecule has 0 atom stereocenters. The molecule has 1 amide bonds. The number of nitrogens with zero attached hydrogens (tertiary/aromatic N) is 2. The monoisotopic (exact) mass is 521 g/mol. The van der Waals surface area contributed by atoms with Crippen molar-refractivity contribution >= 4 is 17.3 Å². The number of ether oxygens (including phenoxy) is 1. The van der Waals surface area contributed by atoms with Gasteiger partial charge in [0.15, 0.2) is 11.6 Å². The molecule has 2 heterocycles. The summed E-state index contributed by atoms with van der Waals surface area (Å²) in [6.45, 7) is 0.0605. The van der Waals surface area contributed by atoms with E-state index in [1.165, 1.54) is 29.3 Å². The maximum absolute atomic E-state index is 15.5. The third-order valence-corrected chi connectivity index (χ3v) is 6.11. The number of carbonyl (C=O) groups is 1. The number of H-pyrrole nitrogens is 1. The van der Waals surface area contributed by atoms with E-state index in [2.05, 4.69) is 9.97 Å². The number of hydrogen-bond donors (Lipinski definition) is 2. The number of aliphatic hydroxyl groups excluding tert-OH is 1. The maximum Gasteiger partial charge on any atom is 0.268 e. The summed E-state index contributed by atoms with van der Waals surface area (Å²) >= 11 is 0. The number of aromatic amines is 1. The lowest BCUT2D eigenvalue weighted by Gasteiger charge is -2.23. The summed E-state index contributed by atoms with van der Waals surface area (Å²) < 4.78 is 21.4. The molecule has 0 radical (unpaired) electrons. The summed E-state index contributed by atoms with van der Waals surface area (Å²) in [4.78, 5) is 33.8. The number of halogens is 1. The second kappa shape index (κ2) is 11.5. The Morgan fingerprint density at radius 2 is 1.72 bits per heavy atom. The van der Waals surface area contributed by atoms with Gasteiger partial charge in [0.1, 0.15) is 11.3 Å². The van der Waals surface area contributed by atoms with Gasteiger partial charge >= 0.3 is 0 Å². The summed E-state index contributed by atoms with van der Waals surface area (Å²) in [7, 11) is 0. The molecule has 3 aromatic carbocycles. The van der Waals surface area contributed by atoms with E-state index in [0.29, 0.717) is 23.4 Å². The number of para-hydroxylation sites is 1. The van der Waals surface area contributed by atoms with Crippen LogP contribution in [0.2, 0.25) is 0 Å². The van der Waals surface area contributed by atoms with Crippen LogP contribution in [0.25, 0.3) is 11.1 Å². The fraction of sp³-hybridized carbons (Fsp3) is 0.0645. The molecule has 39 heavy (non-hydrogen) atoms. The average molecular weight is 522 g/mol. The number of carbonyl (C=O) groups excluding carboxylic acids is 1. The molecule has 2 N–H and O–H groups in total. The first kappa shape index (κ1) is 25.6. The molecule has 194 valence electrons. The van der Waals surface area contributed by atoms with E-state index in [1.54, 1.807) is 60.9 Å². The SMILES string of the molecule is O=C(c1ccc[nH]c1=O)N(c1ccccc1)c1ccc(Oc2ccncc2-c2ccc(CCO)cc2)c(F)c1. The van der Waals surface area contributed by atoms with Crippen LogP contribution in [0.1, 0.15) is 15.9 Å². The topological polar surface area (TPSA) is 95.5 Å². The van der Waals surface area contributed by atoms with Crippen molar-refractivity contribution in [3.8, 4) is 22.6 Å². The molecule has 5 rings (SSSR count). The van der Waals surface area contributed by atoms with Crippen molar-refractivity contribution in [2.24, 2.45) is 0 Å². The minimum Gasteiger partial charge on any atom is -0.454 e. The van der Waals surface area contributed by atoms with Gasteiger partial charge in [0.05, 0.1) is 5.69 Å². The molecule has 0 saturated heterocycles. The summed E-state index contributed by atoms with van der Waals surface area (Å²) in [6, 6.07) is 25.1. The molecule has 0 bridgehead atoms. The quantitative estimate of drug-likeness (QED) is 0.266. The summed E-state index contributed by atoms with van der Waals surface area (Å²) in [6.07, 6.45) is 5.18. The van der Waals surface area contributed by atoms with Gasteiger partial charge in [0.25, 0.3) is 11.5 Å². The smallest absolute Gasteiger partial charge is 0.268 e. The zero-order valence-corrected chi connectivity index (χ0v) is 20.8. The molecule has 0 unspecified atom stereocenters. The summed E-state index contributed by atoms with van der Waals surface area (Å²) in [5.74, 6) is -0.930. The third-order valence-electron chi connectivity index (χ3n) is 6.11. The molecule has 0 aliphatic rings. The predicted octanol–water partition coefficient (Wildman–Crippen LogP) is 5.88. The van der Waals surface area contributed by atoms with Gasteiger partial charge in [-0.1, -0.05) is 42.5 Å². The number of hydrogen-bond acceptors (Lipinski definition) is 5. The number of anilines is 2. The highest BCUT2D eigenvalue weighted by atomic mass is 19.1. The van der Waals surface area contributed by atoms with Crippen molar-refractivity contribution in [1.29, 1.82) is 0 Å². The molecule has 0 saturated carbocycles. The van der Waals surface area contributed by atoms with E-state index in [1.807, 2.05) is 24.3 Å². The number of amides is 1. The minimum absolute atomic E-state index is 0.0406. The Kier molecular flexibility index (Phi) is 7.56. The first-order valence-corrected chi connectivity index (χ1v) is 12.2. The maximum atomic E-state index is 15.5. The zero-order chi connectivity index (χ0) is 27.2. The fourth-order valence-electron chi connectivity index (χ4n) is 4.17. The second-order valence-electron chi connectivity index (χ2n) is 8.65. The second-order valence-corrected chi connectivity index (χ2v) is 8.65. The first-order valence-electron chi connectivity index (χ1n) is 12.2. The van der Waals surface area contributed by atoms with E-state index < -0.39 is 17.3 Å². The number of aliphatic hydroxyl groups is 1. The van der Waals surface area contributed by atoms with E-state index in [4.69, 9.17) is 9.84 Å². The molecule has 5 aromatic rings. The van der Waals surface area contributed by atoms with Gasteiger partial charge in [-0.3, -0.25) is 19.5 Å². The van der Waals surface area contributed by atoms with Gasteiger partial charge < -0.3 is 14.8 Å². The van der Waals surface area contributed by atoms with Crippen LogP contribution < -0.4 is 15.2 Å². The van der Waals surface area contributed by atoms with Crippen molar-refractivity contribution in [2.45, 2.75) is 6.42 Å². The molecule has 7 nitrogen and oxygen atoms in total. The van der Waals surface area contributed by atoms with Gasteiger partial charge in [0.2, 0.25) is 0 Å². The number of aromatic nitrogens is 2. The molecule has 0 spiro atoms. The average Bonchev–Trinajstić information content (AvgIpc) is 2.96. The number of nitrogens with one attached hydrogen (secondary N) is 1. The number of pyridine rings is 2. The van der Waals surface area contributed by atoms with Crippen LogP contribution in [0.5, 0.6) is 11.5 Å². The van der Waals surface area contributed by atoms with Crippen LogP contribution in [0.4, 0.5) is 15.8 Å². The van der Waals surface area contributed by atoms with Crippen LogP contribution in [0.15, 0.2) is 114 Å². The normalized spacial score (nSPS) is 10.7. The van der Waals surface area contributed by atoms with E-state index in [-0.39, 0.29) is 23.6 Å². The van der Waals surface area contributed by atoms with Crippen molar-refractivity contribution in [3.05, 3.63) is 137 Å². The van der Waals surface area contributed by atoms with E-state index >= 15 is 4.39 Å². The Balaban J connectivity index is 1.48. The lowest BCUT2D eigenvalue weighted by molar-refractivity contribution is 0.0997. The van der Waals surface area contributed by atoms with Crippen molar-refractivity contribution in [3.63, 3.8) is 0 Å². The zero-order valence-electron chi connectivity index (χ0n) is 20.8. The first-order chi connectivity index (χ1) is 19.0. The van der Waals surface area contributed by atoms with Crippen LogP contribution in [0.3, 0.4) is 0 Å². The number of benzene rings is 3. The van der Waals surface area contributed by atoms with Gasteiger partial charge in [-0.15, -0.1) is 0 Å². The van der Waals surface area contributed by atoms with Gasteiger partial charge in [-0.05, 0) is 60.0 Å². The van der Waals surface area contributed by atoms with Gasteiger partial charge in [0, 0.05) is 42.5 Å². The Bertz CT molecular complexity index is 1650. The van der Waals surface area contributed by atoms with Crippen LogP contribution in [0, 0.1) is 5.82 Å². The summed E-state index contributed by atoms with van der Waals surface area (Å²) in [5, 5.41) is 9.16. The molecule has 0 aliphatic heterocycles. The molecule has 2 aromatic heterocycles. The lowest BCUT2D eigenvalue weighted by Crippen LogP contribution is -2.31. The Hall–Kier alpha value is -5.08. The Labute approximate surface area is 223 Å². The highest BCUT2D eigenvalue weighted by molar-refractivity contribution is 6.10. The van der Waals surface area contributed by atoms with E-state index in [9.17, 15) is 9.59 Å². The van der Waals surface area contributed by atoms with Crippen LogP contribution >= 0.6 is 0 Å². The standard InChI is InChI=1S/C31H24FN3O4/c32-27-19-24(35(23-5-2-1-3-6-23)31(38)25-7-4-16-34-30(25)37)12-13-29(27)39-28-14-17-33-20-26(28)22-10-8-21(9-11-22)15-18-36/h1-14,16-17,19-20,36H,15,18H2,(H,34,37). The third kappa shape index (κ3) is 5.61.